The van der Waals surface area contributed by atoms with Crippen LogP contribution in [0.5, 0.6) is 0 Å². The maximum absolute atomic E-state index is 11.7. The summed E-state index contributed by atoms with van der Waals surface area (Å²) in [7, 11) is 0. The molecule has 0 fully saturated rings. The number of ether oxygens (including phenoxy) is 1. The van der Waals surface area contributed by atoms with Crippen LogP contribution in [-0.4, -0.2) is 23.3 Å². The molecule has 1 heterocycles. The topological polar surface area (TPSA) is 56.3 Å². The van der Waals surface area contributed by atoms with Gasteiger partial charge in [-0.3, -0.25) is 9.78 Å². The number of rotatable bonds is 4. The monoisotopic (exact) mass is 241 g/mol. The Morgan fingerprint density at radius 2 is 1.72 bits per heavy atom. The fourth-order valence-corrected chi connectivity index (χ4v) is 1.40. The molecule has 1 aromatic heterocycles. The highest BCUT2D eigenvalue weighted by atomic mass is 16.5. The summed E-state index contributed by atoms with van der Waals surface area (Å²) in [5.41, 5.74) is 0.856. The Morgan fingerprint density at radius 1 is 1.00 bits per heavy atom. The molecule has 0 radical (unpaired) electrons. The SMILES string of the molecule is O=C(COC(=O)c1ccccc1)c1cccnc1. The minimum Gasteiger partial charge on any atom is -0.454 e. The molecule has 4 heteroatoms. The summed E-state index contributed by atoms with van der Waals surface area (Å²) in [5, 5.41) is 0. The first-order valence-corrected chi connectivity index (χ1v) is 5.43. The smallest absolute Gasteiger partial charge is 0.338 e. The van der Waals surface area contributed by atoms with Gasteiger partial charge in [-0.15, -0.1) is 0 Å². The number of carbonyl (C=O) groups is 2. The second-order valence-electron chi connectivity index (χ2n) is 3.61. The van der Waals surface area contributed by atoms with Crippen molar-refractivity contribution in [1.29, 1.82) is 0 Å². The van der Waals surface area contributed by atoms with Crippen molar-refractivity contribution < 1.29 is 14.3 Å². The zero-order valence-electron chi connectivity index (χ0n) is 9.58. The Hall–Kier alpha value is -2.49. The van der Waals surface area contributed by atoms with E-state index in [4.69, 9.17) is 4.74 Å². The molecule has 0 saturated heterocycles. The maximum Gasteiger partial charge on any atom is 0.338 e. The Balaban J connectivity index is 1.93. The lowest BCUT2D eigenvalue weighted by molar-refractivity contribution is 0.0474. The van der Waals surface area contributed by atoms with Gasteiger partial charge >= 0.3 is 5.97 Å². The Morgan fingerprint density at radius 3 is 2.39 bits per heavy atom. The van der Waals surface area contributed by atoms with Gasteiger partial charge in [-0.05, 0) is 24.3 Å². The normalized spacial score (nSPS) is 9.78. The van der Waals surface area contributed by atoms with Crippen molar-refractivity contribution >= 4 is 11.8 Å². The van der Waals surface area contributed by atoms with Gasteiger partial charge < -0.3 is 4.74 Å². The number of nitrogens with zero attached hydrogens (tertiary/aromatic N) is 1. The summed E-state index contributed by atoms with van der Waals surface area (Å²) in [6, 6.07) is 11.8. The zero-order chi connectivity index (χ0) is 12.8. The van der Waals surface area contributed by atoms with Crippen molar-refractivity contribution in [2.24, 2.45) is 0 Å². The van der Waals surface area contributed by atoms with Crippen molar-refractivity contribution in [2.45, 2.75) is 0 Å². The lowest BCUT2D eigenvalue weighted by atomic mass is 10.2. The van der Waals surface area contributed by atoms with Crippen LogP contribution < -0.4 is 0 Å². The molecule has 90 valence electrons. The summed E-state index contributed by atoms with van der Waals surface area (Å²) in [5.74, 6) is -0.778. The molecule has 0 saturated carbocycles. The molecule has 0 bridgehead atoms. The minimum absolute atomic E-state index is 0.271. The average molecular weight is 241 g/mol. The quantitative estimate of drug-likeness (QED) is 0.607. The number of hydrogen-bond donors (Lipinski definition) is 0. The number of pyridine rings is 1. The average Bonchev–Trinajstić information content (AvgIpc) is 2.46. The van der Waals surface area contributed by atoms with Gasteiger partial charge in [0.2, 0.25) is 5.78 Å². The first-order chi connectivity index (χ1) is 8.77. The highest BCUT2D eigenvalue weighted by Gasteiger charge is 2.11. The van der Waals surface area contributed by atoms with Crippen molar-refractivity contribution in [3.8, 4) is 0 Å². The molecule has 0 aliphatic heterocycles. The largest absolute Gasteiger partial charge is 0.454 e. The summed E-state index contributed by atoms with van der Waals surface area (Å²) in [4.78, 5) is 27.1. The van der Waals surface area contributed by atoms with Crippen LogP contribution in [0.15, 0.2) is 54.9 Å². The van der Waals surface area contributed by atoms with Gasteiger partial charge in [0.05, 0.1) is 5.56 Å². The van der Waals surface area contributed by atoms with E-state index < -0.39 is 5.97 Å². The van der Waals surface area contributed by atoms with Gasteiger partial charge in [0.25, 0.3) is 0 Å². The fraction of sp³-hybridized carbons (Fsp3) is 0.0714. The molecule has 0 aliphatic carbocycles. The van der Waals surface area contributed by atoms with Crippen LogP contribution in [0.2, 0.25) is 0 Å². The molecule has 0 N–H and O–H groups in total. The summed E-state index contributed by atoms with van der Waals surface area (Å²) >= 11 is 0. The Bertz CT molecular complexity index is 486. The van der Waals surface area contributed by atoms with Crippen molar-refractivity contribution in [3.05, 3.63) is 66.0 Å². The number of esters is 1. The van der Waals surface area contributed by atoms with Crippen LogP contribution in [0.1, 0.15) is 20.7 Å². The van der Waals surface area contributed by atoms with E-state index in [0.717, 1.165) is 0 Å². The molecule has 0 spiro atoms. The molecule has 0 unspecified atom stereocenters. The molecule has 2 aromatic rings. The van der Waals surface area contributed by atoms with Gasteiger partial charge in [-0.1, -0.05) is 18.2 Å². The summed E-state index contributed by atoms with van der Waals surface area (Å²) in [6.07, 6.45) is 3.02. The lowest BCUT2D eigenvalue weighted by Crippen LogP contribution is -2.14. The summed E-state index contributed by atoms with van der Waals surface area (Å²) < 4.78 is 4.93. The number of Topliss-reactive ketones (excluding diaryl/α,β-unsaturated/α-hetero) is 1. The van der Waals surface area contributed by atoms with Crippen molar-refractivity contribution in [1.82, 2.24) is 4.98 Å². The van der Waals surface area contributed by atoms with Gasteiger partial charge in [0, 0.05) is 18.0 Å². The number of carbonyl (C=O) groups excluding carboxylic acids is 2. The number of aromatic nitrogens is 1. The predicted molar refractivity (Wildman–Crippen MR) is 65.3 cm³/mol. The molecule has 1 aromatic carbocycles. The van der Waals surface area contributed by atoms with Crippen molar-refractivity contribution in [3.63, 3.8) is 0 Å². The van der Waals surface area contributed by atoms with E-state index in [-0.39, 0.29) is 12.4 Å². The third kappa shape index (κ3) is 3.01. The fourth-order valence-electron chi connectivity index (χ4n) is 1.40. The van der Waals surface area contributed by atoms with Gasteiger partial charge in [0.15, 0.2) is 6.61 Å². The first-order valence-electron chi connectivity index (χ1n) is 5.43. The van der Waals surface area contributed by atoms with E-state index in [0.29, 0.717) is 11.1 Å². The van der Waals surface area contributed by atoms with Crippen LogP contribution in [0.3, 0.4) is 0 Å². The molecule has 0 atom stereocenters. The van der Waals surface area contributed by atoms with Gasteiger partial charge in [0.1, 0.15) is 0 Å². The second kappa shape index (κ2) is 5.72. The van der Waals surface area contributed by atoms with Crippen LogP contribution >= 0.6 is 0 Å². The van der Waals surface area contributed by atoms with Crippen LogP contribution in [0.4, 0.5) is 0 Å². The number of ketones is 1. The van der Waals surface area contributed by atoms with E-state index in [2.05, 4.69) is 4.98 Å². The summed E-state index contributed by atoms with van der Waals surface area (Å²) in [6.45, 7) is -0.278. The molecule has 4 nitrogen and oxygen atoms in total. The second-order valence-corrected chi connectivity index (χ2v) is 3.61. The van der Waals surface area contributed by atoms with E-state index >= 15 is 0 Å². The standard InChI is InChI=1S/C14H11NO3/c16-13(12-7-4-8-15-9-12)10-18-14(17)11-5-2-1-3-6-11/h1-9H,10H2. The highest BCUT2D eigenvalue weighted by molar-refractivity contribution is 5.99. The minimum atomic E-state index is -0.507. The van der Waals surface area contributed by atoms with Crippen LogP contribution in [0.25, 0.3) is 0 Å². The zero-order valence-corrected chi connectivity index (χ0v) is 9.58. The predicted octanol–water partition coefficient (Wildman–Crippen LogP) is 2.12. The van der Waals surface area contributed by atoms with Crippen LogP contribution in [0, 0.1) is 0 Å². The molecular weight excluding hydrogens is 230 g/mol. The van der Waals surface area contributed by atoms with E-state index in [1.807, 2.05) is 0 Å². The highest BCUT2D eigenvalue weighted by Crippen LogP contribution is 2.03. The third-order valence-corrected chi connectivity index (χ3v) is 2.33. The molecule has 2 rings (SSSR count). The van der Waals surface area contributed by atoms with Gasteiger partial charge in [-0.2, -0.15) is 0 Å². The van der Waals surface area contributed by atoms with E-state index in [9.17, 15) is 9.59 Å². The maximum atomic E-state index is 11.7. The van der Waals surface area contributed by atoms with E-state index in [1.165, 1.54) is 6.20 Å². The molecular formula is C14H11NO3. The Labute approximate surface area is 104 Å². The molecule has 18 heavy (non-hydrogen) atoms. The van der Waals surface area contributed by atoms with Crippen LogP contribution in [-0.2, 0) is 4.74 Å². The Kier molecular flexibility index (Phi) is 3.81. The first kappa shape index (κ1) is 12.0. The van der Waals surface area contributed by atoms with Gasteiger partial charge in [-0.25, -0.2) is 4.79 Å². The molecule has 0 aliphatic rings. The molecule has 0 amide bonds. The lowest BCUT2D eigenvalue weighted by Gasteiger charge is -2.03. The van der Waals surface area contributed by atoms with E-state index in [1.54, 1.807) is 48.7 Å². The number of benzene rings is 1. The van der Waals surface area contributed by atoms with Crippen molar-refractivity contribution in [2.75, 3.05) is 6.61 Å². The number of hydrogen-bond acceptors (Lipinski definition) is 4. The third-order valence-electron chi connectivity index (χ3n) is 2.33.